The molecule has 2 amide bonds. The molecule has 34 heavy (non-hydrogen) atoms. The lowest BCUT2D eigenvalue weighted by molar-refractivity contribution is -0.142. The fraction of sp³-hybridized carbons (Fsp3) is 0.280. The summed E-state index contributed by atoms with van der Waals surface area (Å²) < 4.78 is 6.85. The number of anilines is 1. The summed E-state index contributed by atoms with van der Waals surface area (Å²) in [6.45, 7) is 1.81. The lowest BCUT2D eigenvalue weighted by Gasteiger charge is -2.24. The highest BCUT2D eigenvalue weighted by Crippen LogP contribution is 2.44. The Bertz CT molecular complexity index is 1210. The third-order valence-electron chi connectivity index (χ3n) is 6.18. The number of carboxylic acids is 1. The number of aryl methyl sites for hydroxylation is 1. The minimum atomic E-state index is -1.11. The monoisotopic (exact) mass is 462 g/mol. The van der Waals surface area contributed by atoms with Gasteiger partial charge in [-0.1, -0.05) is 55.5 Å². The number of likely N-dealkylation sites (N-methyl/N-ethyl adjacent to an activating group) is 1. The van der Waals surface area contributed by atoms with E-state index in [9.17, 15) is 19.5 Å². The molecule has 0 saturated heterocycles. The van der Waals surface area contributed by atoms with Crippen LogP contribution in [0.2, 0.25) is 0 Å². The van der Waals surface area contributed by atoms with Crippen LogP contribution in [0.25, 0.3) is 11.1 Å². The number of aliphatic carboxylic acids is 1. The van der Waals surface area contributed by atoms with Crippen LogP contribution in [0.4, 0.5) is 10.5 Å². The molecule has 0 radical (unpaired) electrons. The number of fused-ring (bicyclic) bond motifs is 3. The highest BCUT2D eigenvalue weighted by Gasteiger charge is 2.31. The summed E-state index contributed by atoms with van der Waals surface area (Å²) in [5.41, 5.74) is 4.65. The number of carboxylic acid groups (broad SMARTS) is 1. The second-order valence-electron chi connectivity index (χ2n) is 8.16. The Labute approximate surface area is 196 Å². The highest BCUT2D eigenvalue weighted by molar-refractivity contribution is 6.02. The quantitative estimate of drug-likeness (QED) is 0.553. The molecule has 0 saturated carbocycles. The number of rotatable bonds is 7. The number of nitrogens with zero attached hydrogens (tertiary/aromatic N) is 3. The van der Waals surface area contributed by atoms with E-state index in [0.717, 1.165) is 27.2 Å². The number of carbonyl (C=O) groups is 3. The standard InChI is InChI=1S/C25H26N4O5/c1-4-21(24(31)32)28(2)23(30)22-20(13-26-29(22)3)27-25(33)34-14-19-17-11-7-5-9-15(17)16-10-6-8-12-18(16)19/h5-13,19,21H,4,14H2,1-3H3,(H,27,33)(H,31,32). The Kier molecular flexibility index (Phi) is 6.36. The molecule has 176 valence electrons. The molecular weight excluding hydrogens is 436 g/mol. The molecule has 0 aliphatic heterocycles. The maximum atomic E-state index is 13.0. The summed E-state index contributed by atoms with van der Waals surface area (Å²) in [6, 6.07) is 15.1. The van der Waals surface area contributed by atoms with Gasteiger partial charge in [0.05, 0.1) is 11.9 Å². The molecule has 1 aromatic heterocycles. The number of nitrogens with one attached hydrogen (secondary N) is 1. The van der Waals surface area contributed by atoms with Crippen molar-refractivity contribution >= 4 is 23.7 Å². The smallest absolute Gasteiger partial charge is 0.411 e. The van der Waals surface area contributed by atoms with E-state index in [2.05, 4.69) is 22.5 Å². The minimum Gasteiger partial charge on any atom is -0.480 e. The molecule has 1 atom stereocenters. The molecular formula is C25H26N4O5. The zero-order valence-electron chi connectivity index (χ0n) is 19.2. The number of hydrogen-bond donors (Lipinski definition) is 2. The van der Waals surface area contributed by atoms with Gasteiger partial charge in [-0.15, -0.1) is 0 Å². The molecule has 2 N–H and O–H groups in total. The summed E-state index contributed by atoms with van der Waals surface area (Å²) in [5.74, 6) is -1.77. The summed E-state index contributed by atoms with van der Waals surface area (Å²) in [4.78, 5) is 38.2. The molecule has 9 nitrogen and oxygen atoms in total. The molecule has 1 heterocycles. The number of carbonyl (C=O) groups excluding carboxylic acids is 2. The van der Waals surface area contributed by atoms with Gasteiger partial charge in [0.1, 0.15) is 18.3 Å². The fourth-order valence-electron chi connectivity index (χ4n) is 4.45. The van der Waals surface area contributed by atoms with Gasteiger partial charge in [0, 0.05) is 20.0 Å². The molecule has 0 fully saturated rings. The molecule has 9 heteroatoms. The molecule has 4 rings (SSSR count). The van der Waals surface area contributed by atoms with E-state index in [1.54, 1.807) is 14.0 Å². The summed E-state index contributed by atoms with van der Waals surface area (Å²) >= 11 is 0. The molecule has 1 aliphatic carbocycles. The van der Waals surface area contributed by atoms with Gasteiger partial charge >= 0.3 is 12.1 Å². The van der Waals surface area contributed by atoms with Gasteiger partial charge in [-0.05, 0) is 28.7 Å². The van der Waals surface area contributed by atoms with Crippen molar-refractivity contribution in [1.29, 1.82) is 0 Å². The average Bonchev–Trinajstić information content (AvgIpc) is 3.34. The second kappa shape index (κ2) is 9.38. The fourth-order valence-corrected chi connectivity index (χ4v) is 4.45. The third kappa shape index (κ3) is 4.12. The SMILES string of the molecule is CCC(C(=O)O)N(C)C(=O)c1c(NC(=O)OCC2c3ccccc3-c3ccccc32)cnn1C. The summed E-state index contributed by atoms with van der Waals surface area (Å²) in [6.07, 6.45) is 0.853. The molecule has 3 aromatic rings. The Balaban J connectivity index is 1.48. The first-order valence-corrected chi connectivity index (χ1v) is 11.0. The number of amides is 2. The van der Waals surface area contributed by atoms with Gasteiger partial charge in [0.2, 0.25) is 0 Å². The van der Waals surface area contributed by atoms with E-state index in [-0.39, 0.29) is 30.3 Å². The molecule has 2 aromatic carbocycles. The first-order chi connectivity index (χ1) is 16.3. The van der Waals surface area contributed by atoms with Crippen molar-refractivity contribution in [3.8, 4) is 11.1 Å². The van der Waals surface area contributed by atoms with Crippen LogP contribution in [0.15, 0.2) is 54.7 Å². The van der Waals surface area contributed by atoms with Crippen molar-refractivity contribution in [1.82, 2.24) is 14.7 Å². The van der Waals surface area contributed by atoms with Crippen LogP contribution in [0.5, 0.6) is 0 Å². The topological polar surface area (TPSA) is 114 Å². The Morgan fingerprint density at radius 3 is 2.26 bits per heavy atom. The number of hydrogen-bond acceptors (Lipinski definition) is 5. The van der Waals surface area contributed by atoms with E-state index in [0.29, 0.717) is 0 Å². The van der Waals surface area contributed by atoms with Crippen LogP contribution in [0.3, 0.4) is 0 Å². The van der Waals surface area contributed by atoms with E-state index in [4.69, 9.17) is 4.74 Å². The van der Waals surface area contributed by atoms with Crippen LogP contribution in [0, 0.1) is 0 Å². The normalized spacial score (nSPS) is 13.0. The van der Waals surface area contributed by atoms with Gasteiger partial charge in [-0.2, -0.15) is 5.10 Å². The number of aromatic nitrogens is 2. The van der Waals surface area contributed by atoms with Crippen LogP contribution in [0.1, 0.15) is 40.9 Å². The lowest BCUT2D eigenvalue weighted by Crippen LogP contribution is -2.42. The largest absolute Gasteiger partial charge is 0.480 e. The number of benzene rings is 2. The summed E-state index contributed by atoms with van der Waals surface area (Å²) in [7, 11) is 2.96. The van der Waals surface area contributed by atoms with E-state index >= 15 is 0 Å². The van der Waals surface area contributed by atoms with Crippen molar-refractivity contribution in [2.24, 2.45) is 7.05 Å². The maximum Gasteiger partial charge on any atom is 0.411 e. The molecule has 1 aliphatic rings. The summed E-state index contributed by atoms with van der Waals surface area (Å²) in [5, 5.41) is 16.0. The average molecular weight is 463 g/mol. The van der Waals surface area contributed by atoms with Crippen molar-refractivity contribution in [2.45, 2.75) is 25.3 Å². The Morgan fingerprint density at radius 2 is 1.71 bits per heavy atom. The minimum absolute atomic E-state index is 0.0655. The Morgan fingerprint density at radius 1 is 1.12 bits per heavy atom. The van der Waals surface area contributed by atoms with Crippen LogP contribution in [-0.2, 0) is 16.6 Å². The first-order valence-electron chi connectivity index (χ1n) is 11.0. The van der Waals surface area contributed by atoms with Gasteiger partial charge in [0.25, 0.3) is 5.91 Å². The van der Waals surface area contributed by atoms with Crippen LogP contribution in [-0.4, -0.2) is 57.5 Å². The van der Waals surface area contributed by atoms with Gasteiger partial charge in [-0.3, -0.25) is 14.8 Å². The molecule has 0 spiro atoms. The molecule has 1 unspecified atom stereocenters. The van der Waals surface area contributed by atoms with E-state index in [1.807, 2.05) is 36.4 Å². The Hall–Kier alpha value is -4.14. The van der Waals surface area contributed by atoms with Crippen molar-refractivity contribution in [3.63, 3.8) is 0 Å². The van der Waals surface area contributed by atoms with Crippen molar-refractivity contribution in [3.05, 3.63) is 71.5 Å². The number of ether oxygens (including phenoxy) is 1. The zero-order chi connectivity index (χ0) is 24.4. The van der Waals surface area contributed by atoms with Gasteiger partial charge < -0.3 is 14.7 Å². The lowest BCUT2D eigenvalue weighted by atomic mass is 9.98. The van der Waals surface area contributed by atoms with Crippen molar-refractivity contribution < 1.29 is 24.2 Å². The van der Waals surface area contributed by atoms with Crippen molar-refractivity contribution in [2.75, 3.05) is 19.0 Å². The van der Waals surface area contributed by atoms with Crippen LogP contribution < -0.4 is 5.32 Å². The predicted molar refractivity (Wildman–Crippen MR) is 126 cm³/mol. The van der Waals surface area contributed by atoms with Gasteiger partial charge in [-0.25, -0.2) is 9.59 Å². The third-order valence-corrected chi connectivity index (χ3v) is 6.18. The first kappa shape index (κ1) is 23.0. The second-order valence-corrected chi connectivity index (χ2v) is 8.16. The van der Waals surface area contributed by atoms with Gasteiger partial charge in [0.15, 0.2) is 0 Å². The predicted octanol–water partition coefficient (Wildman–Crippen LogP) is 3.72. The zero-order valence-corrected chi connectivity index (χ0v) is 19.2. The highest BCUT2D eigenvalue weighted by atomic mass is 16.5. The molecule has 0 bridgehead atoms. The van der Waals surface area contributed by atoms with E-state index < -0.39 is 24.0 Å². The maximum absolute atomic E-state index is 13.0. The van der Waals surface area contributed by atoms with Crippen LogP contribution >= 0.6 is 0 Å². The van der Waals surface area contributed by atoms with E-state index in [1.165, 1.54) is 17.9 Å².